The average Bonchev–Trinajstić information content (AvgIpc) is 2.39. The van der Waals surface area contributed by atoms with Gasteiger partial charge >= 0.3 is 0 Å². The number of hydrogen-bond donors (Lipinski definition) is 1. The van der Waals surface area contributed by atoms with Gasteiger partial charge in [-0.1, -0.05) is 33.0 Å². The summed E-state index contributed by atoms with van der Waals surface area (Å²) < 4.78 is 7.45. The van der Waals surface area contributed by atoms with Crippen molar-refractivity contribution in [1.29, 1.82) is 0 Å². The van der Waals surface area contributed by atoms with E-state index < -0.39 is 0 Å². The Bertz CT molecular complexity index is 455. The zero-order valence-electron chi connectivity index (χ0n) is 11.5. The van der Waals surface area contributed by atoms with Gasteiger partial charge in [-0.15, -0.1) is 0 Å². The number of nitrogens with one attached hydrogen (secondary N) is 1. The van der Waals surface area contributed by atoms with Crippen LogP contribution in [0.25, 0.3) is 0 Å². The first-order valence-corrected chi connectivity index (χ1v) is 7.67. The second-order valence-electron chi connectivity index (χ2n) is 4.17. The highest BCUT2D eigenvalue weighted by Gasteiger charge is 2.32. The molecule has 1 N–H and O–H groups in total. The van der Waals surface area contributed by atoms with Crippen LogP contribution in [0.4, 0.5) is 0 Å². The molecule has 0 radical (unpaired) electrons. The van der Waals surface area contributed by atoms with Crippen LogP contribution in [0.5, 0.6) is 0 Å². The van der Waals surface area contributed by atoms with Crippen molar-refractivity contribution in [3.8, 4) is 0 Å². The summed E-state index contributed by atoms with van der Waals surface area (Å²) in [4.78, 5) is 7.88. The highest BCUT2D eigenvalue weighted by molar-refractivity contribution is 9.10. The van der Waals surface area contributed by atoms with E-state index in [9.17, 15) is 0 Å². The SMILES string of the molecule is CCOC(CC)(CC)c1nc(=S)c(Br)c(CC)[nH]1. The number of hydrogen-bond acceptors (Lipinski definition) is 3. The van der Waals surface area contributed by atoms with Crippen molar-refractivity contribution in [2.45, 2.75) is 52.6 Å². The lowest BCUT2D eigenvalue weighted by Crippen LogP contribution is -2.31. The Hall–Kier alpha value is -0.260. The third-order valence-corrected chi connectivity index (χ3v) is 4.70. The quantitative estimate of drug-likeness (QED) is 0.778. The van der Waals surface area contributed by atoms with Crippen LogP contribution in [0, 0.1) is 4.64 Å². The molecule has 0 spiro atoms. The van der Waals surface area contributed by atoms with E-state index in [4.69, 9.17) is 17.0 Å². The maximum absolute atomic E-state index is 5.95. The van der Waals surface area contributed by atoms with Crippen molar-refractivity contribution in [2.75, 3.05) is 6.61 Å². The number of H-pyrrole nitrogens is 1. The van der Waals surface area contributed by atoms with Crippen molar-refractivity contribution in [3.63, 3.8) is 0 Å². The highest BCUT2D eigenvalue weighted by Crippen LogP contribution is 2.32. The molecule has 0 aliphatic carbocycles. The fourth-order valence-corrected chi connectivity index (χ4v) is 2.78. The second kappa shape index (κ2) is 6.78. The molecule has 3 nitrogen and oxygen atoms in total. The Morgan fingerprint density at radius 2 is 1.89 bits per heavy atom. The summed E-state index contributed by atoms with van der Waals surface area (Å²) in [7, 11) is 0. The zero-order valence-corrected chi connectivity index (χ0v) is 13.9. The van der Waals surface area contributed by atoms with Gasteiger partial charge in [0.15, 0.2) is 0 Å². The molecule has 0 fully saturated rings. The third-order valence-electron chi connectivity index (χ3n) is 3.28. The number of rotatable bonds is 6. The number of nitrogens with zero attached hydrogens (tertiary/aromatic N) is 1. The summed E-state index contributed by atoms with van der Waals surface area (Å²) in [6.45, 7) is 9.00. The van der Waals surface area contributed by atoms with Gasteiger partial charge < -0.3 is 9.72 Å². The molecule has 1 aromatic heterocycles. The number of aromatic amines is 1. The first-order chi connectivity index (χ1) is 8.54. The monoisotopic (exact) mass is 332 g/mol. The van der Waals surface area contributed by atoms with E-state index in [0.717, 1.165) is 35.3 Å². The molecule has 1 heterocycles. The number of aromatic nitrogens is 2. The molecule has 5 heteroatoms. The van der Waals surface area contributed by atoms with Gasteiger partial charge in [0.25, 0.3) is 0 Å². The minimum atomic E-state index is -0.354. The van der Waals surface area contributed by atoms with Crippen molar-refractivity contribution in [2.24, 2.45) is 0 Å². The van der Waals surface area contributed by atoms with E-state index in [1.54, 1.807) is 0 Å². The van der Waals surface area contributed by atoms with Gasteiger partial charge in [0.1, 0.15) is 16.1 Å². The molecule has 0 amide bonds. The molecule has 1 aromatic rings. The van der Waals surface area contributed by atoms with E-state index in [2.05, 4.69) is 46.7 Å². The Labute approximate surface area is 122 Å². The Balaban J connectivity index is 3.37. The third kappa shape index (κ3) is 3.00. The van der Waals surface area contributed by atoms with Crippen LogP contribution >= 0.6 is 28.1 Å². The van der Waals surface area contributed by atoms with Crippen LogP contribution in [-0.4, -0.2) is 16.6 Å². The first-order valence-electron chi connectivity index (χ1n) is 6.47. The molecule has 0 aromatic carbocycles. The molecule has 18 heavy (non-hydrogen) atoms. The van der Waals surface area contributed by atoms with Crippen molar-refractivity contribution in [1.82, 2.24) is 9.97 Å². The lowest BCUT2D eigenvalue weighted by Gasteiger charge is -2.31. The summed E-state index contributed by atoms with van der Waals surface area (Å²) in [6, 6.07) is 0. The van der Waals surface area contributed by atoms with Gasteiger partial charge in [-0.3, -0.25) is 0 Å². The Kier molecular flexibility index (Phi) is 5.95. The van der Waals surface area contributed by atoms with E-state index in [1.165, 1.54) is 0 Å². The van der Waals surface area contributed by atoms with Crippen LogP contribution in [0.2, 0.25) is 0 Å². The van der Waals surface area contributed by atoms with Gasteiger partial charge in [-0.05, 0) is 42.1 Å². The molecule has 0 unspecified atom stereocenters. The number of aryl methyl sites for hydroxylation is 1. The van der Waals surface area contributed by atoms with Gasteiger partial charge in [0, 0.05) is 12.3 Å². The largest absolute Gasteiger partial charge is 0.367 e. The summed E-state index contributed by atoms with van der Waals surface area (Å²) >= 11 is 8.80. The molecular formula is C13H21BrN2OS. The molecule has 0 aliphatic heterocycles. The van der Waals surface area contributed by atoms with Gasteiger partial charge in [-0.25, -0.2) is 4.98 Å². The first kappa shape index (κ1) is 15.8. The standard InChI is InChI=1S/C13H21BrN2OS/c1-5-9-10(14)11(18)16-12(15-9)13(6-2,7-3)17-8-4/h5-8H2,1-4H3,(H,15,16,18). The molecular weight excluding hydrogens is 312 g/mol. The maximum Gasteiger partial charge on any atom is 0.144 e. The van der Waals surface area contributed by atoms with Crippen LogP contribution in [0.1, 0.15) is 52.1 Å². The molecule has 102 valence electrons. The fraction of sp³-hybridized carbons (Fsp3) is 0.692. The number of halogens is 1. The summed E-state index contributed by atoms with van der Waals surface area (Å²) in [5.74, 6) is 0.847. The molecule has 0 saturated carbocycles. The second-order valence-corrected chi connectivity index (χ2v) is 5.35. The van der Waals surface area contributed by atoms with E-state index >= 15 is 0 Å². The van der Waals surface area contributed by atoms with E-state index in [1.807, 2.05) is 6.92 Å². The van der Waals surface area contributed by atoms with Crippen molar-refractivity contribution >= 4 is 28.1 Å². The average molecular weight is 333 g/mol. The van der Waals surface area contributed by atoms with E-state index in [0.29, 0.717) is 11.2 Å². The van der Waals surface area contributed by atoms with Crippen molar-refractivity contribution in [3.05, 3.63) is 20.6 Å². The predicted molar refractivity (Wildman–Crippen MR) is 80.4 cm³/mol. The summed E-state index contributed by atoms with van der Waals surface area (Å²) in [5, 5.41) is 0. The minimum Gasteiger partial charge on any atom is -0.367 e. The smallest absolute Gasteiger partial charge is 0.144 e. The molecule has 0 aliphatic rings. The fourth-order valence-electron chi connectivity index (χ4n) is 2.10. The topological polar surface area (TPSA) is 37.9 Å². The molecule has 0 bridgehead atoms. The van der Waals surface area contributed by atoms with Crippen LogP contribution < -0.4 is 0 Å². The number of ether oxygens (including phenoxy) is 1. The van der Waals surface area contributed by atoms with Crippen LogP contribution in [0.15, 0.2) is 4.47 Å². The van der Waals surface area contributed by atoms with Gasteiger partial charge in [0.2, 0.25) is 0 Å². The Morgan fingerprint density at radius 3 is 2.33 bits per heavy atom. The lowest BCUT2D eigenvalue weighted by molar-refractivity contribution is -0.0573. The molecule has 0 atom stereocenters. The van der Waals surface area contributed by atoms with Gasteiger partial charge in [-0.2, -0.15) is 0 Å². The molecule has 0 saturated heterocycles. The van der Waals surface area contributed by atoms with Crippen LogP contribution in [0.3, 0.4) is 0 Å². The normalized spacial score (nSPS) is 11.8. The Morgan fingerprint density at radius 1 is 1.28 bits per heavy atom. The van der Waals surface area contributed by atoms with Crippen molar-refractivity contribution < 1.29 is 4.74 Å². The minimum absolute atomic E-state index is 0.354. The summed E-state index contributed by atoms with van der Waals surface area (Å²) in [6.07, 6.45) is 2.64. The van der Waals surface area contributed by atoms with Crippen LogP contribution in [-0.2, 0) is 16.8 Å². The predicted octanol–water partition coefficient (Wildman–Crippen LogP) is 4.52. The molecule has 1 rings (SSSR count). The lowest BCUT2D eigenvalue weighted by atomic mass is 9.95. The maximum atomic E-state index is 5.95. The summed E-state index contributed by atoms with van der Waals surface area (Å²) in [5.41, 5.74) is 0.725. The highest BCUT2D eigenvalue weighted by atomic mass is 79.9. The van der Waals surface area contributed by atoms with Gasteiger partial charge in [0.05, 0.1) is 4.47 Å². The zero-order chi connectivity index (χ0) is 13.8. The van der Waals surface area contributed by atoms with E-state index in [-0.39, 0.29) is 5.60 Å².